The molecule has 29 heavy (non-hydrogen) atoms. The van der Waals surface area contributed by atoms with E-state index in [1.807, 2.05) is 54.6 Å². The summed E-state index contributed by atoms with van der Waals surface area (Å²) in [5, 5.41) is 12.6. The summed E-state index contributed by atoms with van der Waals surface area (Å²) in [6, 6.07) is 17.5. The van der Waals surface area contributed by atoms with Crippen LogP contribution in [0.2, 0.25) is 5.02 Å². The maximum atomic E-state index is 12.1. The van der Waals surface area contributed by atoms with Crippen LogP contribution >= 0.6 is 11.6 Å². The first-order valence-corrected chi connectivity index (χ1v) is 10.4. The van der Waals surface area contributed by atoms with Crippen LogP contribution in [-0.2, 0) is 16.0 Å². The number of carbonyl (C=O) groups excluding carboxylic acids is 1. The zero-order valence-corrected chi connectivity index (χ0v) is 17.6. The fourth-order valence-corrected chi connectivity index (χ4v) is 3.36. The minimum absolute atomic E-state index is 0.0133. The van der Waals surface area contributed by atoms with Crippen molar-refractivity contribution in [2.24, 2.45) is 0 Å². The Hall–Kier alpha value is -2.37. The van der Waals surface area contributed by atoms with Gasteiger partial charge in [0.2, 0.25) is 5.91 Å². The first-order valence-electron chi connectivity index (χ1n) is 9.97. The molecule has 2 N–H and O–H groups in total. The summed E-state index contributed by atoms with van der Waals surface area (Å²) in [4.78, 5) is 25.2. The number of nitrogens with zero attached hydrogens (tertiary/aromatic N) is 1. The van der Waals surface area contributed by atoms with Crippen molar-refractivity contribution in [2.75, 3.05) is 19.6 Å². The number of rotatable bonds is 12. The van der Waals surface area contributed by atoms with Crippen molar-refractivity contribution in [1.82, 2.24) is 10.2 Å². The van der Waals surface area contributed by atoms with Crippen molar-refractivity contribution in [2.45, 2.75) is 38.6 Å². The first-order chi connectivity index (χ1) is 14.0. The van der Waals surface area contributed by atoms with E-state index in [1.54, 1.807) is 0 Å². The summed E-state index contributed by atoms with van der Waals surface area (Å²) in [6.45, 7) is 4.16. The number of amides is 1. The summed E-state index contributed by atoms with van der Waals surface area (Å²) in [5.41, 5.74) is 2.13. The molecule has 0 heterocycles. The second-order valence-electron chi connectivity index (χ2n) is 7.13. The highest BCUT2D eigenvalue weighted by atomic mass is 35.5. The Bertz CT molecular complexity index is 765. The van der Waals surface area contributed by atoms with Crippen LogP contribution in [0.15, 0.2) is 54.6 Å². The van der Waals surface area contributed by atoms with Gasteiger partial charge in [-0.05, 0) is 49.6 Å². The second-order valence-corrected chi connectivity index (χ2v) is 7.56. The van der Waals surface area contributed by atoms with E-state index < -0.39 is 5.97 Å². The molecule has 5 nitrogen and oxygen atoms in total. The maximum absolute atomic E-state index is 12.1. The summed E-state index contributed by atoms with van der Waals surface area (Å²) in [7, 11) is 0. The largest absolute Gasteiger partial charge is 0.481 e. The number of benzene rings is 2. The average Bonchev–Trinajstić information content (AvgIpc) is 2.70. The van der Waals surface area contributed by atoms with E-state index in [1.165, 1.54) is 0 Å². The predicted octanol–water partition coefficient (Wildman–Crippen LogP) is 4.32. The van der Waals surface area contributed by atoms with Gasteiger partial charge in [0.05, 0.1) is 6.42 Å². The number of hydrogen-bond acceptors (Lipinski definition) is 3. The number of halogens is 1. The lowest BCUT2D eigenvalue weighted by Crippen LogP contribution is -2.33. The van der Waals surface area contributed by atoms with Crippen molar-refractivity contribution in [1.29, 1.82) is 0 Å². The van der Waals surface area contributed by atoms with E-state index in [0.717, 1.165) is 24.1 Å². The number of hydrogen-bond donors (Lipinski definition) is 2. The third kappa shape index (κ3) is 8.67. The predicted molar refractivity (Wildman–Crippen MR) is 116 cm³/mol. The number of nitrogens with one attached hydrogen (secondary N) is 1. The standard InChI is InChI=1S/C23H29ClN2O3/c1-18(20-10-12-21(24)13-11-20)26(15-5-9-23(28)29)16-6-14-25-22(27)17-19-7-3-2-4-8-19/h2-4,7-8,10-13,18H,5-6,9,14-17H2,1H3,(H,25,27)(H,28,29). The van der Waals surface area contributed by atoms with Gasteiger partial charge in [0.15, 0.2) is 0 Å². The molecule has 0 aliphatic heterocycles. The molecule has 6 heteroatoms. The maximum Gasteiger partial charge on any atom is 0.303 e. The van der Waals surface area contributed by atoms with E-state index >= 15 is 0 Å². The molecule has 1 unspecified atom stereocenters. The highest BCUT2D eigenvalue weighted by Gasteiger charge is 2.16. The Kier molecular flexibility index (Phi) is 9.68. The molecule has 0 bridgehead atoms. The molecule has 0 saturated carbocycles. The molecule has 0 aliphatic rings. The van der Waals surface area contributed by atoms with Gasteiger partial charge in [-0.3, -0.25) is 14.5 Å². The highest BCUT2D eigenvalue weighted by Crippen LogP contribution is 2.22. The Morgan fingerprint density at radius 1 is 1.03 bits per heavy atom. The molecule has 0 radical (unpaired) electrons. The average molecular weight is 417 g/mol. The molecular formula is C23H29ClN2O3. The van der Waals surface area contributed by atoms with Gasteiger partial charge in [0.1, 0.15) is 0 Å². The Balaban J connectivity index is 1.83. The summed E-state index contributed by atoms with van der Waals surface area (Å²) in [5.74, 6) is -0.767. The van der Waals surface area contributed by atoms with Gasteiger partial charge >= 0.3 is 5.97 Å². The zero-order valence-electron chi connectivity index (χ0n) is 16.8. The molecule has 1 amide bonds. The van der Waals surface area contributed by atoms with E-state index in [-0.39, 0.29) is 18.4 Å². The van der Waals surface area contributed by atoms with E-state index in [0.29, 0.717) is 31.0 Å². The molecule has 1 atom stereocenters. The second kappa shape index (κ2) is 12.2. The Labute approximate surface area is 177 Å². The minimum Gasteiger partial charge on any atom is -0.481 e. The van der Waals surface area contributed by atoms with E-state index in [9.17, 15) is 9.59 Å². The number of aliphatic carboxylic acids is 1. The first kappa shape index (κ1) is 22.9. The number of carboxylic acid groups (broad SMARTS) is 1. The van der Waals surface area contributed by atoms with Crippen molar-refractivity contribution < 1.29 is 14.7 Å². The van der Waals surface area contributed by atoms with E-state index in [2.05, 4.69) is 17.1 Å². The molecule has 2 aromatic rings. The monoisotopic (exact) mass is 416 g/mol. The number of carboxylic acids is 1. The Morgan fingerprint density at radius 2 is 1.69 bits per heavy atom. The van der Waals surface area contributed by atoms with Crippen molar-refractivity contribution >= 4 is 23.5 Å². The fourth-order valence-electron chi connectivity index (χ4n) is 3.24. The summed E-state index contributed by atoms with van der Waals surface area (Å²) in [6.07, 6.45) is 1.92. The van der Waals surface area contributed by atoms with Crippen LogP contribution in [-0.4, -0.2) is 41.5 Å². The minimum atomic E-state index is -0.780. The van der Waals surface area contributed by atoms with Crippen molar-refractivity contribution in [3.8, 4) is 0 Å². The molecule has 2 aromatic carbocycles. The van der Waals surface area contributed by atoms with Crippen LogP contribution in [0.25, 0.3) is 0 Å². The quantitative estimate of drug-likeness (QED) is 0.505. The lowest BCUT2D eigenvalue weighted by atomic mass is 10.1. The SMILES string of the molecule is CC(c1ccc(Cl)cc1)N(CCCNC(=O)Cc1ccccc1)CCCC(=O)O. The van der Waals surface area contributed by atoms with Crippen LogP contribution in [0.5, 0.6) is 0 Å². The molecular weight excluding hydrogens is 388 g/mol. The summed E-state index contributed by atoms with van der Waals surface area (Å²) < 4.78 is 0. The molecule has 0 spiro atoms. The van der Waals surface area contributed by atoms with Gasteiger partial charge in [-0.1, -0.05) is 54.1 Å². The van der Waals surface area contributed by atoms with E-state index in [4.69, 9.17) is 16.7 Å². The van der Waals surface area contributed by atoms with Crippen LogP contribution in [0.4, 0.5) is 0 Å². The normalized spacial score (nSPS) is 12.0. The molecule has 0 aliphatic carbocycles. The third-order valence-corrected chi connectivity index (χ3v) is 5.14. The molecule has 0 saturated heterocycles. The topological polar surface area (TPSA) is 69.6 Å². The fraction of sp³-hybridized carbons (Fsp3) is 0.391. The molecule has 156 valence electrons. The third-order valence-electron chi connectivity index (χ3n) is 4.89. The van der Waals surface area contributed by atoms with Gasteiger partial charge in [0.25, 0.3) is 0 Å². The lowest BCUT2D eigenvalue weighted by Gasteiger charge is -2.29. The Morgan fingerprint density at radius 3 is 2.34 bits per heavy atom. The van der Waals surface area contributed by atoms with Crippen molar-refractivity contribution in [3.63, 3.8) is 0 Å². The summed E-state index contributed by atoms with van der Waals surface area (Å²) >= 11 is 5.99. The zero-order chi connectivity index (χ0) is 21.1. The number of carbonyl (C=O) groups is 2. The molecule has 2 rings (SSSR count). The van der Waals surface area contributed by atoms with Crippen LogP contribution < -0.4 is 5.32 Å². The van der Waals surface area contributed by atoms with Crippen molar-refractivity contribution in [3.05, 3.63) is 70.7 Å². The van der Waals surface area contributed by atoms with Crippen LogP contribution in [0.1, 0.15) is 43.4 Å². The van der Waals surface area contributed by atoms with Crippen LogP contribution in [0, 0.1) is 0 Å². The molecule has 0 aromatic heterocycles. The lowest BCUT2D eigenvalue weighted by molar-refractivity contribution is -0.137. The van der Waals surface area contributed by atoms with Crippen LogP contribution in [0.3, 0.4) is 0 Å². The van der Waals surface area contributed by atoms with Gasteiger partial charge in [-0.2, -0.15) is 0 Å². The van der Waals surface area contributed by atoms with Gasteiger partial charge < -0.3 is 10.4 Å². The highest BCUT2D eigenvalue weighted by molar-refractivity contribution is 6.30. The van der Waals surface area contributed by atoms with Gasteiger partial charge in [0, 0.05) is 30.6 Å². The smallest absolute Gasteiger partial charge is 0.303 e. The van der Waals surface area contributed by atoms with Gasteiger partial charge in [-0.15, -0.1) is 0 Å². The van der Waals surface area contributed by atoms with Gasteiger partial charge in [-0.25, -0.2) is 0 Å². The molecule has 0 fully saturated rings.